The highest BCUT2D eigenvalue weighted by Crippen LogP contribution is 2.24. The Morgan fingerprint density at radius 3 is 2.31 bits per heavy atom. The molecule has 166 valence electrons. The molecule has 1 N–H and O–H groups in total. The van der Waals surface area contributed by atoms with Crippen LogP contribution in [0.3, 0.4) is 0 Å². The number of rotatable bonds is 9. The zero-order valence-electron chi connectivity index (χ0n) is 18.6. The van der Waals surface area contributed by atoms with E-state index in [-0.39, 0.29) is 5.69 Å². The molecule has 1 aromatic heterocycles. The minimum absolute atomic E-state index is 0.173. The largest absolute Gasteiger partial charge is 0.497 e. The van der Waals surface area contributed by atoms with E-state index in [1.807, 2.05) is 38.1 Å². The first kappa shape index (κ1) is 22.7. The van der Waals surface area contributed by atoms with E-state index in [0.717, 1.165) is 17.0 Å². The predicted molar refractivity (Wildman–Crippen MR) is 123 cm³/mol. The molecule has 0 atom stereocenters. The van der Waals surface area contributed by atoms with Gasteiger partial charge in [-0.25, -0.2) is 10.4 Å². The molecule has 0 aliphatic heterocycles. The van der Waals surface area contributed by atoms with Gasteiger partial charge in [0.2, 0.25) is 0 Å². The lowest BCUT2D eigenvalue weighted by Crippen LogP contribution is -2.20. The Hall–Kier alpha value is -3.94. The van der Waals surface area contributed by atoms with E-state index in [0.29, 0.717) is 35.8 Å². The lowest BCUT2D eigenvalue weighted by Gasteiger charge is -2.09. The summed E-state index contributed by atoms with van der Waals surface area (Å²) in [5.41, 5.74) is 5.70. The van der Waals surface area contributed by atoms with Gasteiger partial charge in [0, 0.05) is 17.2 Å². The Morgan fingerprint density at radius 1 is 1.03 bits per heavy atom. The molecule has 8 nitrogen and oxygen atoms in total. The third-order valence-corrected chi connectivity index (χ3v) is 4.61. The summed E-state index contributed by atoms with van der Waals surface area (Å²) >= 11 is 0. The molecule has 0 bridgehead atoms. The second-order valence-corrected chi connectivity index (χ2v) is 6.71. The second-order valence-electron chi connectivity index (χ2n) is 6.71. The predicted octanol–water partition coefficient (Wildman–Crippen LogP) is 3.89. The van der Waals surface area contributed by atoms with E-state index in [2.05, 4.69) is 20.5 Å². The summed E-state index contributed by atoms with van der Waals surface area (Å²) in [5, 5.41) is 4.03. The Morgan fingerprint density at radius 2 is 1.72 bits per heavy atom. The Bertz CT molecular complexity index is 1080. The van der Waals surface area contributed by atoms with E-state index < -0.39 is 5.91 Å². The van der Waals surface area contributed by atoms with Crippen LogP contribution in [0.15, 0.2) is 53.8 Å². The van der Waals surface area contributed by atoms with Crippen molar-refractivity contribution in [3.05, 3.63) is 65.6 Å². The quantitative estimate of drug-likeness (QED) is 0.406. The minimum atomic E-state index is -0.460. The maximum absolute atomic E-state index is 12.6. The molecule has 0 saturated carbocycles. The van der Waals surface area contributed by atoms with Gasteiger partial charge >= 0.3 is 0 Å². The van der Waals surface area contributed by atoms with Gasteiger partial charge in [-0.3, -0.25) is 9.78 Å². The number of ether oxygens (including phenoxy) is 3. The molecule has 0 radical (unpaired) electrons. The van der Waals surface area contributed by atoms with Crippen molar-refractivity contribution >= 4 is 12.1 Å². The second kappa shape index (κ2) is 10.9. The summed E-state index contributed by atoms with van der Waals surface area (Å²) in [6.45, 7) is 4.52. The molecule has 0 spiro atoms. The van der Waals surface area contributed by atoms with E-state index in [1.54, 1.807) is 32.4 Å². The van der Waals surface area contributed by atoms with Gasteiger partial charge in [-0.1, -0.05) is 6.92 Å². The SMILES string of the molecule is CCOc1ccc(-c2nc(C(=O)N/N=C/c3cc(OC)cc(OC)c3)cnc2CC)cc1. The molecule has 32 heavy (non-hydrogen) atoms. The molecule has 8 heteroatoms. The Balaban J connectivity index is 1.78. The van der Waals surface area contributed by atoms with Crippen LogP contribution >= 0.6 is 0 Å². The van der Waals surface area contributed by atoms with Crippen LogP contribution in [-0.2, 0) is 6.42 Å². The average molecular weight is 434 g/mol. The Labute approximate surface area is 187 Å². The fraction of sp³-hybridized carbons (Fsp3) is 0.250. The van der Waals surface area contributed by atoms with Crippen molar-refractivity contribution in [2.45, 2.75) is 20.3 Å². The van der Waals surface area contributed by atoms with Crippen LogP contribution in [0.1, 0.15) is 35.6 Å². The zero-order chi connectivity index (χ0) is 22.9. The van der Waals surface area contributed by atoms with E-state index in [9.17, 15) is 4.79 Å². The van der Waals surface area contributed by atoms with Gasteiger partial charge in [-0.15, -0.1) is 0 Å². The topological polar surface area (TPSA) is 94.9 Å². The van der Waals surface area contributed by atoms with Crippen molar-refractivity contribution < 1.29 is 19.0 Å². The van der Waals surface area contributed by atoms with Crippen molar-refractivity contribution in [3.8, 4) is 28.5 Å². The van der Waals surface area contributed by atoms with Gasteiger partial charge in [0.1, 0.15) is 22.9 Å². The average Bonchev–Trinajstić information content (AvgIpc) is 2.84. The number of hydrogen-bond acceptors (Lipinski definition) is 7. The number of amides is 1. The number of nitrogens with one attached hydrogen (secondary N) is 1. The highest BCUT2D eigenvalue weighted by molar-refractivity contribution is 5.93. The molecule has 0 aliphatic rings. The van der Waals surface area contributed by atoms with Crippen molar-refractivity contribution in [3.63, 3.8) is 0 Å². The first-order valence-corrected chi connectivity index (χ1v) is 10.2. The summed E-state index contributed by atoms with van der Waals surface area (Å²) in [6, 6.07) is 12.9. The molecule has 2 aromatic carbocycles. The normalized spacial score (nSPS) is 10.8. The molecular weight excluding hydrogens is 408 g/mol. The number of aromatic nitrogens is 2. The number of hydrogen-bond donors (Lipinski definition) is 1. The molecule has 0 unspecified atom stereocenters. The minimum Gasteiger partial charge on any atom is -0.497 e. The molecule has 1 heterocycles. The number of benzene rings is 2. The lowest BCUT2D eigenvalue weighted by molar-refractivity contribution is 0.0950. The van der Waals surface area contributed by atoms with Gasteiger partial charge in [0.05, 0.1) is 44.6 Å². The smallest absolute Gasteiger partial charge is 0.291 e. The lowest BCUT2D eigenvalue weighted by atomic mass is 10.1. The first-order valence-electron chi connectivity index (χ1n) is 10.2. The van der Waals surface area contributed by atoms with Crippen LogP contribution in [0.5, 0.6) is 17.2 Å². The van der Waals surface area contributed by atoms with Gasteiger partial charge < -0.3 is 14.2 Å². The van der Waals surface area contributed by atoms with Crippen molar-refractivity contribution in [1.29, 1.82) is 0 Å². The van der Waals surface area contributed by atoms with E-state index in [1.165, 1.54) is 12.4 Å². The number of aryl methyl sites for hydroxylation is 1. The Kier molecular flexibility index (Phi) is 7.75. The van der Waals surface area contributed by atoms with Crippen LogP contribution in [-0.4, -0.2) is 42.9 Å². The van der Waals surface area contributed by atoms with E-state index >= 15 is 0 Å². The van der Waals surface area contributed by atoms with E-state index in [4.69, 9.17) is 14.2 Å². The highest BCUT2D eigenvalue weighted by atomic mass is 16.5. The van der Waals surface area contributed by atoms with Crippen molar-refractivity contribution in [1.82, 2.24) is 15.4 Å². The number of carbonyl (C=O) groups excluding carboxylic acids is 1. The maximum Gasteiger partial charge on any atom is 0.291 e. The van der Waals surface area contributed by atoms with Gasteiger partial charge in [0.25, 0.3) is 5.91 Å². The number of carbonyl (C=O) groups is 1. The van der Waals surface area contributed by atoms with Crippen LogP contribution in [0.25, 0.3) is 11.3 Å². The fourth-order valence-electron chi connectivity index (χ4n) is 3.02. The summed E-state index contributed by atoms with van der Waals surface area (Å²) in [5.74, 6) is 1.56. The fourth-order valence-corrected chi connectivity index (χ4v) is 3.02. The maximum atomic E-state index is 12.6. The number of hydrazone groups is 1. The van der Waals surface area contributed by atoms with Crippen molar-refractivity contribution in [2.75, 3.05) is 20.8 Å². The molecule has 3 rings (SSSR count). The summed E-state index contributed by atoms with van der Waals surface area (Å²) < 4.78 is 16.0. The van der Waals surface area contributed by atoms with Gasteiger partial charge in [0.15, 0.2) is 0 Å². The third-order valence-electron chi connectivity index (χ3n) is 4.61. The zero-order valence-corrected chi connectivity index (χ0v) is 18.6. The highest BCUT2D eigenvalue weighted by Gasteiger charge is 2.13. The van der Waals surface area contributed by atoms with Gasteiger partial charge in [-0.2, -0.15) is 5.10 Å². The molecule has 0 aliphatic carbocycles. The molecule has 0 fully saturated rings. The number of nitrogens with zero attached hydrogens (tertiary/aromatic N) is 3. The van der Waals surface area contributed by atoms with Crippen LogP contribution in [0, 0.1) is 0 Å². The van der Waals surface area contributed by atoms with Crippen LogP contribution in [0.2, 0.25) is 0 Å². The molecule has 0 saturated heterocycles. The summed E-state index contributed by atoms with van der Waals surface area (Å²) in [7, 11) is 3.14. The molecule has 1 amide bonds. The van der Waals surface area contributed by atoms with Gasteiger partial charge in [-0.05, 0) is 49.7 Å². The molecule has 3 aromatic rings. The van der Waals surface area contributed by atoms with Crippen LogP contribution < -0.4 is 19.6 Å². The van der Waals surface area contributed by atoms with Crippen molar-refractivity contribution in [2.24, 2.45) is 5.10 Å². The van der Waals surface area contributed by atoms with Crippen LogP contribution in [0.4, 0.5) is 0 Å². The summed E-state index contributed by atoms with van der Waals surface area (Å²) in [6.07, 6.45) is 3.65. The monoisotopic (exact) mass is 434 g/mol. The first-order chi connectivity index (χ1) is 15.6. The standard InChI is InChI=1S/C24H26N4O4/c1-5-21-23(17-7-9-18(10-8-17)32-6-2)27-22(15-25-21)24(29)28-26-14-16-11-19(30-3)13-20(12-16)31-4/h7-15H,5-6H2,1-4H3,(H,28,29)/b26-14+. The third kappa shape index (κ3) is 5.60. The number of methoxy groups -OCH3 is 2. The summed E-state index contributed by atoms with van der Waals surface area (Å²) in [4.78, 5) is 21.6. The molecular formula is C24H26N4O4.